The molecule has 1 aromatic heterocycles. The summed E-state index contributed by atoms with van der Waals surface area (Å²) in [5.74, 6) is 0.780. The van der Waals surface area contributed by atoms with Gasteiger partial charge in [0.25, 0.3) is 0 Å². The van der Waals surface area contributed by atoms with Gasteiger partial charge in [-0.15, -0.1) is 0 Å². The highest BCUT2D eigenvalue weighted by molar-refractivity contribution is 6.36. The quantitative estimate of drug-likeness (QED) is 0.122. The fourth-order valence-corrected chi connectivity index (χ4v) is 5.47. The van der Waals surface area contributed by atoms with E-state index < -0.39 is 18.0 Å². The van der Waals surface area contributed by atoms with Crippen molar-refractivity contribution in [2.45, 2.75) is 38.8 Å². The number of aryl methyl sites for hydroxylation is 1. The molecule has 0 saturated heterocycles. The van der Waals surface area contributed by atoms with Crippen LogP contribution in [0.25, 0.3) is 11.3 Å². The first-order valence-corrected chi connectivity index (χ1v) is 15.8. The number of rotatable bonds is 12. The lowest BCUT2D eigenvalue weighted by molar-refractivity contribution is 0.0697. The Hall–Kier alpha value is -4.50. The summed E-state index contributed by atoms with van der Waals surface area (Å²) in [6.07, 6.45) is 4.28. The van der Waals surface area contributed by atoms with Gasteiger partial charge in [-0.3, -0.25) is 0 Å². The van der Waals surface area contributed by atoms with E-state index in [0.717, 1.165) is 24.0 Å². The number of anilines is 1. The van der Waals surface area contributed by atoms with Crippen molar-refractivity contribution in [3.8, 4) is 22.8 Å². The third kappa shape index (κ3) is 8.60. The van der Waals surface area contributed by atoms with E-state index in [1.54, 1.807) is 48.5 Å². The van der Waals surface area contributed by atoms with Crippen molar-refractivity contribution in [3.05, 3.63) is 129 Å². The van der Waals surface area contributed by atoms with Gasteiger partial charge < -0.3 is 25.0 Å². The van der Waals surface area contributed by atoms with E-state index in [2.05, 4.69) is 22.1 Å². The monoisotopic (exact) mass is 676 g/mol. The average Bonchev–Trinajstić information content (AvgIpc) is 3.45. The van der Waals surface area contributed by atoms with E-state index >= 15 is 0 Å². The molecular weight excluding hydrogens is 647 g/mol. The summed E-state index contributed by atoms with van der Waals surface area (Å²) < 4.78 is 7.98. The van der Waals surface area contributed by atoms with Crippen LogP contribution in [0.5, 0.6) is 11.5 Å². The van der Waals surface area contributed by atoms with Gasteiger partial charge in [0.1, 0.15) is 17.3 Å². The Kier molecular flexibility index (Phi) is 10.9. The molecule has 8 nitrogen and oxygen atoms in total. The first-order chi connectivity index (χ1) is 22.2. The second-order valence-electron chi connectivity index (χ2n) is 10.6. The number of halogens is 3. The SMILES string of the molecule is CCCCn1cc(-c2ccc(Cl)cc2Cl)nc1C(Cc1ccc(Oc2ccc(C(=O)O)cc2)cc1)NC(=O)Nc1ccc(Cl)cc1. The smallest absolute Gasteiger partial charge is 0.335 e. The number of carbonyl (C=O) groups excluding carboxylic acids is 1. The number of benzene rings is 4. The molecule has 1 unspecified atom stereocenters. The summed E-state index contributed by atoms with van der Waals surface area (Å²) in [7, 11) is 0. The predicted octanol–water partition coefficient (Wildman–Crippen LogP) is 9.91. The zero-order valence-electron chi connectivity index (χ0n) is 24.8. The normalized spacial score (nSPS) is 11.6. The number of hydrogen-bond acceptors (Lipinski definition) is 4. The van der Waals surface area contributed by atoms with Crippen LogP contribution in [0.1, 0.15) is 47.6 Å². The van der Waals surface area contributed by atoms with E-state index in [0.29, 0.717) is 56.7 Å². The van der Waals surface area contributed by atoms with Crippen molar-refractivity contribution in [3.63, 3.8) is 0 Å². The standard InChI is InChI=1S/C35H31Cl3N4O4/c1-2-3-18-42-21-32(29-17-10-25(37)20-30(29)38)40-33(42)31(41-35(45)39-26-11-8-24(36)9-12-26)19-22-4-13-27(14-5-22)46-28-15-6-23(7-16-28)34(43)44/h4-17,20-21,31H,2-3,18-19H2,1H3,(H,43,44)(H2,39,41,45). The molecule has 3 N–H and O–H groups in total. The summed E-state index contributed by atoms with van der Waals surface area (Å²) >= 11 is 18.7. The van der Waals surface area contributed by atoms with Crippen molar-refractivity contribution in [1.29, 1.82) is 0 Å². The van der Waals surface area contributed by atoms with Crippen LogP contribution in [0.2, 0.25) is 15.1 Å². The van der Waals surface area contributed by atoms with Crippen molar-refractivity contribution in [2.24, 2.45) is 0 Å². The summed E-state index contributed by atoms with van der Waals surface area (Å²) in [4.78, 5) is 29.4. The third-order valence-electron chi connectivity index (χ3n) is 7.19. The fraction of sp³-hybridized carbons (Fsp3) is 0.171. The lowest BCUT2D eigenvalue weighted by atomic mass is 10.0. The number of amides is 2. The summed E-state index contributed by atoms with van der Waals surface area (Å²) in [5, 5.41) is 16.7. The van der Waals surface area contributed by atoms with E-state index in [1.807, 2.05) is 36.5 Å². The Bertz CT molecular complexity index is 1810. The molecule has 5 rings (SSSR count). The van der Waals surface area contributed by atoms with Gasteiger partial charge >= 0.3 is 12.0 Å². The van der Waals surface area contributed by atoms with E-state index in [9.17, 15) is 9.59 Å². The molecular formula is C35H31Cl3N4O4. The molecule has 0 fully saturated rings. The van der Waals surface area contributed by atoms with Gasteiger partial charge in [0.05, 0.1) is 22.3 Å². The third-order valence-corrected chi connectivity index (χ3v) is 7.99. The number of hydrogen-bond donors (Lipinski definition) is 3. The zero-order chi connectivity index (χ0) is 32.6. The second-order valence-corrected chi connectivity index (χ2v) is 11.9. The maximum Gasteiger partial charge on any atom is 0.335 e. The van der Waals surface area contributed by atoms with Crippen LogP contribution in [-0.4, -0.2) is 26.7 Å². The van der Waals surface area contributed by atoms with Crippen molar-refractivity contribution in [2.75, 3.05) is 5.32 Å². The van der Waals surface area contributed by atoms with Crippen molar-refractivity contribution in [1.82, 2.24) is 14.9 Å². The minimum absolute atomic E-state index is 0.181. The van der Waals surface area contributed by atoms with E-state index in [1.165, 1.54) is 12.1 Å². The van der Waals surface area contributed by atoms with Crippen LogP contribution in [0.4, 0.5) is 10.5 Å². The lowest BCUT2D eigenvalue weighted by Crippen LogP contribution is -2.35. The Morgan fingerprint density at radius 2 is 1.54 bits per heavy atom. The van der Waals surface area contributed by atoms with Gasteiger partial charge in [0.15, 0.2) is 0 Å². The van der Waals surface area contributed by atoms with Gasteiger partial charge in [-0.1, -0.05) is 60.3 Å². The van der Waals surface area contributed by atoms with E-state index in [4.69, 9.17) is 49.6 Å². The second kappa shape index (κ2) is 15.2. The molecule has 236 valence electrons. The van der Waals surface area contributed by atoms with Crippen LogP contribution >= 0.6 is 34.8 Å². The number of carbonyl (C=O) groups is 2. The number of nitrogens with one attached hydrogen (secondary N) is 2. The Labute approximate surface area is 281 Å². The zero-order valence-corrected chi connectivity index (χ0v) is 27.1. The fourth-order valence-electron chi connectivity index (χ4n) is 4.84. The molecule has 5 aromatic rings. The van der Waals surface area contributed by atoms with Gasteiger partial charge in [0.2, 0.25) is 0 Å². The number of nitrogens with zero attached hydrogens (tertiary/aromatic N) is 2. The van der Waals surface area contributed by atoms with Gasteiger partial charge in [-0.2, -0.15) is 0 Å². The molecule has 1 atom stereocenters. The number of urea groups is 1. The van der Waals surface area contributed by atoms with Crippen molar-refractivity contribution < 1.29 is 19.4 Å². The number of carboxylic acids is 1. The van der Waals surface area contributed by atoms with Crippen molar-refractivity contribution >= 4 is 52.5 Å². The Morgan fingerprint density at radius 1 is 0.891 bits per heavy atom. The van der Waals surface area contributed by atoms with Crippen LogP contribution in [0.15, 0.2) is 97.2 Å². The maximum absolute atomic E-state index is 13.3. The molecule has 2 amide bonds. The van der Waals surface area contributed by atoms with E-state index in [-0.39, 0.29) is 5.56 Å². The van der Waals surface area contributed by atoms with Crippen LogP contribution in [-0.2, 0) is 13.0 Å². The number of imidazole rings is 1. The molecule has 0 bridgehead atoms. The molecule has 4 aromatic carbocycles. The highest BCUT2D eigenvalue weighted by Crippen LogP contribution is 2.32. The first-order valence-electron chi connectivity index (χ1n) is 14.6. The van der Waals surface area contributed by atoms with Crippen LogP contribution in [0.3, 0.4) is 0 Å². The van der Waals surface area contributed by atoms with Gasteiger partial charge in [0, 0.05) is 34.0 Å². The predicted molar refractivity (Wildman–Crippen MR) is 183 cm³/mol. The first kappa shape index (κ1) is 32.9. The molecule has 46 heavy (non-hydrogen) atoms. The highest BCUT2D eigenvalue weighted by Gasteiger charge is 2.23. The highest BCUT2D eigenvalue weighted by atomic mass is 35.5. The Morgan fingerprint density at radius 3 is 2.17 bits per heavy atom. The Balaban J connectivity index is 1.43. The number of ether oxygens (including phenoxy) is 1. The summed E-state index contributed by atoms with van der Waals surface area (Å²) in [6, 6.07) is 24.9. The number of unbranched alkanes of at least 4 members (excludes halogenated alkanes) is 1. The molecule has 0 aliphatic carbocycles. The van der Waals surface area contributed by atoms with Crippen LogP contribution < -0.4 is 15.4 Å². The number of carboxylic acid groups (broad SMARTS) is 1. The van der Waals surface area contributed by atoms with Gasteiger partial charge in [-0.05, 0) is 97.3 Å². The molecule has 0 aliphatic heterocycles. The molecule has 0 aliphatic rings. The minimum Gasteiger partial charge on any atom is -0.478 e. The largest absolute Gasteiger partial charge is 0.478 e. The molecule has 0 spiro atoms. The summed E-state index contributed by atoms with van der Waals surface area (Å²) in [5.41, 5.74) is 3.13. The van der Waals surface area contributed by atoms with Crippen LogP contribution in [0, 0.1) is 0 Å². The molecule has 11 heteroatoms. The molecule has 1 heterocycles. The average molecular weight is 678 g/mol. The molecule has 0 saturated carbocycles. The van der Waals surface area contributed by atoms with Gasteiger partial charge in [-0.25, -0.2) is 14.6 Å². The summed E-state index contributed by atoms with van der Waals surface area (Å²) in [6.45, 7) is 2.82. The topological polar surface area (TPSA) is 105 Å². The maximum atomic E-state index is 13.3. The number of aromatic carboxylic acids is 1. The lowest BCUT2D eigenvalue weighted by Gasteiger charge is -2.21. The number of aromatic nitrogens is 2. The molecule has 0 radical (unpaired) electrons. The minimum atomic E-state index is -1.00.